The van der Waals surface area contributed by atoms with Gasteiger partial charge in [-0.1, -0.05) is 23.8 Å². The minimum atomic E-state index is -0.269. The molecule has 0 aliphatic carbocycles. The van der Waals surface area contributed by atoms with Gasteiger partial charge in [-0.25, -0.2) is 9.98 Å². The van der Waals surface area contributed by atoms with E-state index in [9.17, 15) is 0 Å². The highest BCUT2D eigenvalue weighted by Gasteiger charge is 2.35. The van der Waals surface area contributed by atoms with Crippen LogP contribution in [-0.2, 0) is 7.05 Å². The number of benzene rings is 1. The Hall–Kier alpha value is -2.45. The van der Waals surface area contributed by atoms with Crippen molar-refractivity contribution in [1.82, 2.24) is 14.5 Å². The molecule has 2 aromatic rings. The molecular weight excluding hydrogens is 370 g/mol. The third kappa shape index (κ3) is 3.74. The molecule has 0 spiro atoms. The summed E-state index contributed by atoms with van der Waals surface area (Å²) >= 11 is 1.59. The Morgan fingerprint density at radius 3 is 2.93 bits per heavy atom. The summed E-state index contributed by atoms with van der Waals surface area (Å²) in [7, 11) is 2.04. The topological polar surface area (TPSA) is 84.2 Å². The Kier molecular flexibility index (Phi) is 5.32. The minimum absolute atomic E-state index is 0.0543. The van der Waals surface area contributed by atoms with Crippen molar-refractivity contribution in [3.8, 4) is 0 Å². The summed E-state index contributed by atoms with van der Waals surface area (Å²) in [6.07, 6.45) is 5.14. The second kappa shape index (κ2) is 7.89. The number of amidine groups is 2. The summed E-state index contributed by atoms with van der Waals surface area (Å²) < 4.78 is 2.11. The highest BCUT2D eigenvalue weighted by molar-refractivity contribution is 8.13. The van der Waals surface area contributed by atoms with Gasteiger partial charge in [0.05, 0.1) is 11.0 Å². The molecule has 28 heavy (non-hydrogen) atoms. The fourth-order valence-electron chi connectivity index (χ4n) is 3.39. The van der Waals surface area contributed by atoms with Gasteiger partial charge < -0.3 is 15.2 Å². The third-order valence-corrected chi connectivity index (χ3v) is 5.87. The number of rotatable bonds is 4. The lowest BCUT2D eigenvalue weighted by Gasteiger charge is -2.21. The average Bonchev–Trinajstić information content (AvgIpc) is 3.06. The highest BCUT2D eigenvalue weighted by atomic mass is 32.2. The van der Waals surface area contributed by atoms with Gasteiger partial charge in [-0.15, -0.1) is 0 Å². The first kappa shape index (κ1) is 18.9. The molecule has 7 nitrogen and oxygen atoms in total. The van der Waals surface area contributed by atoms with Crippen LogP contribution in [0.5, 0.6) is 0 Å². The number of imidazole rings is 1. The number of hydrogen-bond acceptors (Lipinski definition) is 7. The smallest absolute Gasteiger partial charge is 0.176 e. The molecule has 2 unspecified atom stereocenters. The SMILES string of the molecule is CC(C)=CCCN1C(Sc2nc3ccccc3n2C)=NC2CC(N)N=CN=C21. The number of aliphatic imine (C=N–C) groups is 3. The Balaban J connectivity index is 1.64. The van der Waals surface area contributed by atoms with E-state index in [1.165, 1.54) is 5.57 Å². The Bertz CT molecular complexity index is 997. The molecular formula is C20H25N7S. The van der Waals surface area contributed by atoms with Crippen LogP contribution in [0.1, 0.15) is 26.7 Å². The molecule has 0 fully saturated rings. The number of allylic oxidation sites excluding steroid dienone is 1. The Labute approximate surface area is 169 Å². The van der Waals surface area contributed by atoms with E-state index in [0.717, 1.165) is 40.2 Å². The van der Waals surface area contributed by atoms with Crippen LogP contribution in [0.3, 0.4) is 0 Å². The fraction of sp³-hybridized carbons (Fsp3) is 0.400. The van der Waals surface area contributed by atoms with Crippen LogP contribution in [0.4, 0.5) is 0 Å². The van der Waals surface area contributed by atoms with Crippen LogP contribution in [0.15, 0.2) is 56.0 Å². The van der Waals surface area contributed by atoms with Gasteiger partial charge in [0.1, 0.15) is 24.4 Å². The molecule has 2 N–H and O–H groups in total. The molecule has 0 bridgehead atoms. The van der Waals surface area contributed by atoms with Gasteiger partial charge in [-0.3, -0.25) is 9.98 Å². The van der Waals surface area contributed by atoms with Crippen molar-refractivity contribution in [1.29, 1.82) is 0 Å². The van der Waals surface area contributed by atoms with Crippen LogP contribution in [0.2, 0.25) is 0 Å². The molecule has 0 saturated heterocycles. The molecule has 0 amide bonds. The minimum Gasteiger partial charge on any atom is -0.322 e. The van der Waals surface area contributed by atoms with Gasteiger partial charge in [0, 0.05) is 20.0 Å². The number of hydrogen-bond donors (Lipinski definition) is 1. The third-order valence-electron chi connectivity index (χ3n) is 4.82. The molecule has 2 aliphatic heterocycles. The van der Waals surface area contributed by atoms with Crippen LogP contribution >= 0.6 is 11.8 Å². The van der Waals surface area contributed by atoms with Crippen molar-refractivity contribution < 1.29 is 0 Å². The number of nitrogens with two attached hydrogens (primary N) is 1. The Morgan fingerprint density at radius 2 is 2.14 bits per heavy atom. The predicted molar refractivity (Wildman–Crippen MR) is 117 cm³/mol. The number of para-hydroxylation sites is 2. The second-order valence-corrected chi connectivity index (χ2v) is 8.18. The van der Waals surface area contributed by atoms with Gasteiger partial charge in [0.2, 0.25) is 0 Å². The molecule has 4 rings (SSSR count). The molecule has 0 radical (unpaired) electrons. The maximum atomic E-state index is 6.06. The van der Waals surface area contributed by atoms with Crippen LogP contribution < -0.4 is 5.73 Å². The number of aryl methyl sites for hydroxylation is 1. The maximum absolute atomic E-state index is 6.06. The van der Waals surface area contributed by atoms with Crippen LogP contribution in [-0.4, -0.2) is 50.5 Å². The highest BCUT2D eigenvalue weighted by Crippen LogP contribution is 2.30. The lowest BCUT2D eigenvalue weighted by molar-refractivity contribution is 0.590. The summed E-state index contributed by atoms with van der Waals surface area (Å²) in [6, 6.07) is 8.10. The first-order valence-electron chi connectivity index (χ1n) is 9.46. The van der Waals surface area contributed by atoms with Gasteiger partial charge in [0.25, 0.3) is 0 Å². The monoisotopic (exact) mass is 395 g/mol. The standard InChI is InChI=1S/C20H25N7S/c1-13(2)7-6-10-27-18-15(11-17(21)22-12-23-18)25-20(27)28-19-24-14-8-4-5-9-16(14)26(19)3/h4-5,7-9,12,15,17H,6,10-11,21H2,1-3H3. The van der Waals surface area contributed by atoms with E-state index in [1.54, 1.807) is 18.1 Å². The molecule has 2 atom stereocenters. The summed E-state index contributed by atoms with van der Waals surface area (Å²) in [4.78, 5) is 20.7. The maximum Gasteiger partial charge on any atom is 0.176 e. The zero-order valence-corrected chi connectivity index (χ0v) is 17.2. The van der Waals surface area contributed by atoms with Gasteiger partial charge in [0.15, 0.2) is 10.3 Å². The number of nitrogens with zero attached hydrogens (tertiary/aromatic N) is 6. The second-order valence-electron chi connectivity index (χ2n) is 7.25. The molecule has 146 valence electrons. The summed E-state index contributed by atoms with van der Waals surface area (Å²) in [6.45, 7) is 5.05. The van der Waals surface area contributed by atoms with Crippen molar-refractivity contribution in [2.24, 2.45) is 27.8 Å². The zero-order valence-electron chi connectivity index (χ0n) is 16.4. The fourth-order valence-corrected chi connectivity index (χ4v) is 4.41. The lowest BCUT2D eigenvalue weighted by Crippen LogP contribution is -2.36. The van der Waals surface area contributed by atoms with E-state index in [0.29, 0.717) is 6.42 Å². The largest absolute Gasteiger partial charge is 0.322 e. The molecule has 3 heterocycles. The van der Waals surface area contributed by atoms with Crippen LogP contribution in [0, 0.1) is 0 Å². The van der Waals surface area contributed by atoms with Crippen LogP contribution in [0.25, 0.3) is 11.0 Å². The summed E-state index contributed by atoms with van der Waals surface area (Å²) in [5.74, 6) is 0.931. The van der Waals surface area contributed by atoms with E-state index in [2.05, 4.69) is 45.4 Å². The quantitative estimate of drug-likeness (QED) is 0.806. The molecule has 8 heteroatoms. The normalized spacial score (nSPS) is 21.4. The van der Waals surface area contributed by atoms with Crippen molar-refractivity contribution in [3.63, 3.8) is 0 Å². The van der Waals surface area contributed by atoms with Crippen molar-refractivity contribution in [2.75, 3.05) is 6.54 Å². The Morgan fingerprint density at radius 1 is 1.32 bits per heavy atom. The lowest BCUT2D eigenvalue weighted by atomic mass is 10.1. The van der Waals surface area contributed by atoms with Crippen molar-refractivity contribution >= 4 is 40.1 Å². The van der Waals surface area contributed by atoms with E-state index in [1.807, 2.05) is 25.2 Å². The van der Waals surface area contributed by atoms with Crippen molar-refractivity contribution in [3.05, 3.63) is 35.9 Å². The van der Waals surface area contributed by atoms with E-state index >= 15 is 0 Å². The van der Waals surface area contributed by atoms with Gasteiger partial charge >= 0.3 is 0 Å². The first-order valence-corrected chi connectivity index (χ1v) is 10.3. The van der Waals surface area contributed by atoms with Crippen molar-refractivity contribution in [2.45, 2.75) is 44.1 Å². The number of thioether (sulfide) groups is 1. The van der Waals surface area contributed by atoms with Gasteiger partial charge in [-0.05, 0) is 44.2 Å². The average molecular weight is 396 g/mol. The molecule has 0 saturated carbocycles. The number of aromatic nitrogens is 2. The summed E-state index contributed by atoms with van der Waals surface area (Å²) in [5.41, 5.74) is 9.47. The first-order chi connectivity index (χ1) is 13.5. The molecule has 2 aliphatic rings. The number of fused-ring (bicyclic) bond motifs is 2. The van der Waals surface area contributed by atoms with E-state index in [4.69, 9.17) is 15.7 Å². The van der Waals surface area contributed by atoms with Gasteiger partial charge in [-0.2, -0.15) is 0 Å². The predicted octanol–water partition coefficient (Wildman–Crippen LogP) is 3.18. The molecule has 1 aromatic heterocycles. The van der Waals surface area contributed by atoms with E-state index in [-0.39, 0.29) is 12.2 Å². The summed E-state index contributed by atoms with van der Waals surface area (Å²) in [5, 5.41) is 1.84. The van der Waals surface area contributed by atoms with E-state index < -0.39 is 0 Å². The molecule has 1 aromatic carbocycles. The zero-order chi connectivity index (χ0) is 19.7.